The average molecular weight is 245 g/mol. The van der Waals surface area contributed by atoms with Gasteiger partial charge in [0.05, 0.1) is 0 Å². The van der Waals surface area contributed by atoms with E-state index in [2.05, 4.69) is 35.5 Å². The minimum absolute atomic E-state index is 0.669. The van der Waals surface area contributed by atoms with Gasteiger partial charge in [-0.05, 0) is 21.9 Å². The molecule has 0 spiro atoms. The van der Waals surface area contributed by atoms with Gasteiger partial charge in [-0.1, -0.05) is 65.8 Å². The molecule has 0 amide bonds. The van der Waals surface area contributed by atoms with E-state index >= 15 is 0 Å². The summed E-state index contributed by atoms with van der Waals surface area (Å²) in [4.78, 5) is 0. The molecular weight excluding hydrogens is 234 g/mol. The molecule has 2 nitrogen and oxygen atoms in total. The van der Waals surface area contributed by atoms with Crippen LogP contribution in [0.3, 0.4) is 0 Å². The molecule has 1 aliphatic rings. The maximum Gasteiger partial charge on any atom is 0.118 e. The Morgan fingerprint density at radius 3 is 2.26 bits per heavy atom. The smallest absolute Gasteiger partial charge is 0.118 e. The van der Waals surface area contributed by atoms with Crippen LogP contribution >= 0.6 is 0 Å². The van der Waals surface area contributed by atoms with E-state index in [1.54, 1.807) is 0 Å². The maximum atomic E-state index is 9.41. The molecule has 0 atom stereocenters. The van der Waals surface area contributed by atoms with Crippen LogP contribution in [-0.4, -0.2) is 10.9 Å². The fourth-order valence-electron chi connectivity index (χ4n) is 2.91. The number of rotatable bonds is 0. The summed E-state index contributed by atoms with van der Waals surface area (Å²) in [6.45, 7) is 0. The summed E-state index contributed by atoms with van der Waals surface area (Å²) in [6, 6.07) is 20.5. The average Bonchev–Trinajstić information content (AvgIpc) is 2.81. The third-order valence-electron chi connectivity index (χ3n) is 3.74. The summed E-state index contributed by atoms with van der Waals surface area (Å²) >= 11 is 0. The fraction of sp³-hybridized carbons (Fsp3) is 0. The second kappa shape index (κ2) is 3.69. The molecule has 0 aliphatic heterocycles. The minimum Gasteiger partial charge on any atom is -0.410 e. The van der Waals surface area contributed by atoms with Crippen molar-refractivity contribution in [3.8, 4) is 11.1 Å². The minimum atomic E-state index is 0.669. The van der Waals surface area contributed by atoms with Crippen LogP contribution in [0.15, 0.2) is 65.8 Å². The molecule has 0 heterocycles. The summed E-state index contributed by atoms with van der Waals surface area (Å²) in [5, 5.41) is 15.2. The molecule has 0 aromatic heterocycles. The van der Waals surface area contributed by atoms with Crippen LogP contribution in [0.4, 0.5) is 0 Å². The second-order valence-electron chi connectivity index (χ2n) is 4.70. The summed E-state index contributed by atoms with van der Waals surface area (Å²) in [5.41, 5.74) is 4.97. The highest BCUT2D eigenvalue weighted by Gasteiger charge is 2.26. The van der Waals surface area contributed by atoms with Gasteiger partial charge in [0.25, 0.3) is 0 Å². The Balaban J connectivity index is 2.20. The zero-order valence-electron chi connectivity index (χ0n) is 10.2. The third kappa shape index (κ3) is 1.28. The van der Waals surface area contributed by atoms with Crippen LogP contribution < -0.4 is 0 Å². The van der Waals surface area contributed by atoms with Crippen molar-refractivity contribution >= 4 is 16.5 Å². The van der Waals surface area contributed by atoms with E-state index in [1.807, 2.05) is 30.3 Å². The van der Waals surface area contributed by atoms with E-state index in [0.29, 0.717) is 5.71 Å². The van der Waals surface area contributed by atoms with Crippen molar-refractivity contribution in [2.45, 2.75) is 0 Å². The number of fused-ring (bicyclic) bond motifs is 5. The first-order valence-corrected chi connectivity index (χ1v) is 6.24. The summed E-state index contributed by atoms with van der Waals surface area (Å²) in [5.74, 6) is 0. The van der Waals surface area contributed by atoms with Gasteiger partial charge in [-0.25, -0.2) is 0 Å². The first-order valence-electron chi connectivity index (χ1n) is 6.24. The Labute approximate surface area is 110 Å². The summed E-state index contributed by atoms with van der Waals surface area (Å²) in [6.07, 6.45) is 0. The Morgan fingerprint density at radius 1 is 0.684 bits per heavy atom. The van der Waals surface area contributed by atoms with Crippen LogP contribution in [0.2, 0.25) is 0 Å². The van der Waals surface area contributed by atoms with Gasteiger partial charge < -0.3 is 5.21 Å². The maximum absolute atomic E-state index is 9.41. The lowest BCUT2D eigenvalue weighted by Crippen LogP contribution is -1.98. The highest BCUT2D eigenvalue weighted by Crippen LogP contribution is 2.40. The lowest BCUT2D eigenvalue weighted by atomic mass is 9.99. The Hall–Kier alpha value is -2.61. The number of hydrogen-bond donors (Lipinski definition) is 1. The first kappa shape index (κ1) is 10.3. The Kier molecular flexibility index (Phi) is 2.00. The van der Waals surface area contributed by atoms with E-state index in [-0.39, 0.29) is 0 Å². The van der Waals surface area contributed by atoms with Gasteiger partial charge in [-0.2, -0.15) is 0 Å². The van der Waals surface area contributed by atoms with E-state index in [0.717, 1.165) is 33.0 Å². The molecular formula is C17H11NO. The van der Waals surface area contributed by atoms with Crippen molar-refractivity contribution in [2.75, 3.05) is 0 Å². The number of hydrogen-bond acceptors (Lipinski definition) is 2. The molecule has 0 unspecified atom stereocenters. The van der Waals surface area contributed by atoms with Gasteiger partial charge >= 0.3 is 0 Å². The fourth-order valence-corrected chi connectivity index (χ4v) is 2.91. The largest absolute Gasteiger partial charge is 0.410 e. The molecule has 1 N–H and O–H groups in total. The van der Waals surface area contributed by atoms with E-state index < -0.39 is 0 Å². The number of benzene rings is 3. The summed E-state index contributed by atoms with van der Waals surface area (Å²) in [7, 11) is 0. The van der Waals surface area contributed by atoms with Crippen LogP contribution in [0.25, 0.3) is 21.9 Å². The van der Waals surface area contributed by atoms with Crippen LogP contribution in [0.1, 0.15) is 11.1 Å². The lowest BCUT2D eigenvalue weighted by Gasteiger charge is -2.05. The molecule has 2 heteroatoms. The van der Waals surface area contributed by atoms with Crippen molar-refractivity contribution in [1.82, 2.24) is 0 Å². The molecule has 3 aromatic carbocycles. The van der Waals surface area contributed by atoms with Gasteiger partial charge in [-0.3, -0.25) is 0 Å². The molecule has 0 bridgehead atoms. The van der Waals surface area contributed by atoms with Crippen molar-refractivity contribution < 1.29 is 5.21 Å². The van der Waals surface area contributed by atoms with Crippen LogP contribution in [0, 0.1) is 0 Å². The SMILES string of the molecule is ON=C1c2ccccc2-c2ccc3ccccc3c21. The zero-order valence-corrected chi connectivity index (χ0v) is 10.2. The standard InChI is InChI=1S/C17H11NO/c19-18-17-15-8-4-3-7-13(15)14-10-9-11-5-1-2-6-12(11)16(14)17/h1-10,19H. The monoisotopic (exact) mass is 245 g/mol. The molecule has 19 heavy (non-hydrogen) atoms. The first-order chi connectivity index (χ1) is 9.40. The van der Waals surface area contributed by atoms with E-state index in [4.69, 9.17) is 0 Å². The molecule has 0 saturated carbocycles. The lowest BCUT2D eigenvalue weighted by molar-refractivity contribution is 0.320. The van der Waals surface area contributed by atoms with Crippen molar-refractivity contribution in [1.29, 1.82) is 0 Å². The predicted molar refractivity (Wildman–Crippen MR) is 76.8 cm³/mol. The van der Waals surface area contributed by atoms with Gasteiger partial charge in [0.15, 0.2) is 0 Å². The Bertz CT molecular complexity index is 834. The zero-order chi connectivity index (χ0) is 12.8. The van der Waals surface area contributed by atoms with Crippen molar-refractivity contribution in [3.05, 3.63) is 71.8 Å². The molecule has 1 aliphatic carbocycles. The van der Waals surface area contributed by atoms with Gasteiger partial charge in [0, 0.05) is 11.1 Å². The van der Waals surface area contributed by atoms with E-state index in [9.17, 15) is 5.21 Å². The molecule has 0 radical (unpaired) electrons. The second-order valence-corrected chi connectivity index (χ2v) is 4.70. The highest BCUT2D eigenvalue weighted by atomic mass is 16.4. The Morgan fingerprint density at radius 2 is 1.42 bits per heavy atom. The predicted octanol–water partition coefficient (Wildman–Crippen LogP) is 4.05. The molecule has 0 fully saturated rings. The molecule has 4 rings (SSSR count). The quantitative estimate of drug-likeness (QED) is 0.368. The molecule has 0 saturated heterocycles. The third-order valence-corrected chi connectivity index (χ3v) is 3.74. The van der Waals surface area contributed by atoms with Crippen LogP contribution in [-0.2, 0) is 0 Å². The summed E-state index contributed by atoms with van der Waals surface area (Å²) < 4.78 is 0. The van der Waals surface area contributed by atoms with Gasteiger partial charge in [0.2, 0.25) is 0 Å². The molecule has 90 valence electrons. The normalized spacial score (nSPS) is 14.6. The van der Waals surface area contributed by atoms with Crippen LogP contribution in [0.5, 0.6) is 0 Å². The number of oxime groups is 1. The van der Waals surface area contributed by atoms with E-state index in [1.165, 1.54) is 0 Å². The number of nitrogens with zero attached hydrogens (tertiary/aromatic N) is 1. The van der Waals surface area contributed by atoms with Crippen molar-refractivity contribution in [3.63, 3.8) is 0 Å². The van der Waals surface area contributed by atoms with Gasteiger partial charge in [0.1, 0.15) is 5.71 Å². The van der Waals surface area contributed by atoms with Gasteiger partial charge in [-0.15, -0.1) is 0 Å². The van der Waals surface area contributed by atoms with Crippen molar-refractivity contribution in [2.24, 2.45) is 5.16 Å². The topological polar surface area (TPSA) is 32.6 Å². The highest BCUT2D eigenvalue weighted by molar-refractivity contribution is 6.29. The molecule has 3 aromatic rings.